The molecule has 1 unspecified atom stereocenters. The minimum absolute atomic E-state index is 0. The molecule has 4 nitrogen and oxygen atoms in total. The Balaban J connectivity index is 0.00000261. The Morgan fingerprint density at radius 3 is 2.30 bits per heavy atom. The second kappa shape index (κ2) is 9.67. The van der Waals surface area contributed by atoms with Gasteiger partial charge < -0.3 is 19.5 Å². The van der Waals surface area contributed by atoms with Crippen molar-refractivity contribution in [1.82, 2.24) is 5.32 Å². The summed E-state index contributed by atoms with van der Waals surface area (Å²) in [6, 6.07) is 11.3. The molecule has 27 heavy (non-hydrogen) atoms. The van der Waals surface area contributed by atoms with Crippen molar-refractivity contribution in [2.75, 3.05) is 21.3 Å². The van der Waals surface area contributed by atoms with Gasteiger partial charge in [-0.1, -0.05) is 6.07 Å². The van der Waals surface area contributed by atoms with Crippen LogP contribution in [0, 0.1) is 0 Å². The van der Waals surface area contributed by atoms with E-state index in [2.05, 4.69) is 52.4 Å². The number of aryl methyl sites for hydroxylation is 1. The molecule has 0 aliphatic carbocycles. The Morgan fingerprint density at radius 2 is 1.67 bits per heavy atom. The van der Waals surface area contributed by atoms with Gasteiger partial charge in [-0.2, -0.15) is 0 Å². The topological polar surface area (TPSA) is 39.7 Å². The summed E-state index contributed by atoms with van der Waals surface area (Å²) in [6.07, 6.45) is 3.01. The van der Waals surface area contributed by atoms with E-state index in [1.807, 2.05) is 6.07 Å². The molecule has 1 heterocycles. The molecule has 3 rings (SSSR count). The predicted molar refractivity (Wildman–Crippen MR) is 115 cm³/mol. The molecule has 6 heteroatoms. The van der Waals surface area contributed by atoms with Crippen LogP contribution < -0.4 is 19.5 Å². The summed E-state index contributed by atoms with van der Waals surface area (Å²) in [5, 5.41) is 3.74. The highest BCUT2D eigenvalue weighted by molar-refractivity contribution is 9.10. The fourth-order valence-electron chi connectivity index (χ4n) is 3.68. The van der Waals surface area contributed by atoms with Gasteiger partial charge in [0.25, 0.3) is 0 Å². The van der Waals surface area contributed by atoms with Crippen molar-refractivity contribution in [2.24, 2.45) is 0 Å². The lowest BCUT2D eigenvalue weighted by Crippen LogP contribution is -2.37. The average molecular weight is 457 g/mol. The van der Waals surface area contributed by atoms with E-state index in [1.54, 1.807) is 21.3 Å². The molecule has 1 aliphatic heterocycles. The Bertz CT molecular complexity index is 784. The highest BCUT2D eigenvalue weighted by Gasteiger charge is 2.26. The van der Waals surface area contributed by atoms with Crippen LogP contribution in [0.25, 0.3) is 0 Å². The van der Waals surface area contributed by atoms with Gasteiger partial charge in [0.15, 0.2) is 11.5 Å². The molecule has 2 aromatic rings. The average Bonchev–Trinajstić information content (AvgIpc) is 2.65. The minimum atomic E-state index is 0. The number of methoxy groups -OCH3 is 3. The lowest BCUT2D eigenvalue weighted by molar-refractivity contribution is 0.348. The van der Waals surface area contributed by atoms with Gasteiger partial charge in [-0.15, -0.1) is 12.4 Å². The van der Waals surface area contributed by atoms with Crippen molar-refractivity contribution in [1.29, 1.82) is 0 Å². The zero-order chi connectivity index (χ0) is 18.7. The van der Waals surface area contributed by atoms with Crippen molar-refractivity contribution >= 4 is 28.3 Å². The van der Waals surface area contributed by atoms with Crippen LogP contribution >= 0.6 is 28.3 Å². The number of hydrogen-bond donors (Lipinski definition) is 1. The maximum absolute atomic E-state index is 5.51. The molecule has 2 aromatic carbocycles. The van der Waals surface area contributed by atoms with Crippen LogP contribution in [0.5, 0.6) is 17.2 Å². The summed E-state index contributed by atoms with van der Waals surface area (Å²) < 4.78 is 17.3. The van der Waals surface area contributed by atoms with Gasteiger partial charge in [0.1, 0.15) is 5.75 Å². The molecule has 0 radical (unpaired) electrons. The molecule has 0 bridgehead atoms. The molecule has 148 valence electrons. The molecule has 0 aromatic heterocycles. The highest BCUT2D eigenvalue weighted by Crippen LogP contribution is 2.37. The zero-order valence-corrected chi connectivity index (χ0v) is 18.6. The summed E-state index contributed by atoms with van der Waals surface area (Å²) in [6.45, 7) is 2.23. The normalized spacial score (nSPS) is 18.3. The van der Waals surface area contributed by atoms with Crippen molar-refractivity contribution in [3.05, 3.63) is 51.5 Å². The molecular formula is C21H27BrClNO3. The summed E-state index contributed by atoms with van der Waals surface area (Å²) in [5.41, 5.74) is 3.95. The van der Waals surface area contributed by atoms with Gasteiger partial charge in [0.05, 0.1) is 25.8 Å². The van der Waals surface area contributed by atoms with E-state index in [4.69, 9.17) is 14.2 Å². The van der Waals surface area contributed by atoms with Crippen LogP contribution in [0.15, 0.2) is 34.8 Å². The van der Waals surface area contributed by atoms with Crippen LogP contribution in [0.4, 0.5) is 0 Å². The Kier molecular flexibility index (Phi) is 7.83. The first-order valence-electron chi connectivity index (χ1n) is 8.89. The largest absolute Gasteiger partial charge is 0.496 e. The summed E-state index contributed by atoms with van der Waals surface area (Å²) >= 11 is 3.57. The Labute approximate surface area is 176 Å². The third-order valence-corrected chi connectivity index (χ3v) is 5.59. The third-order valence-electron chi connectivity index (χ3n) is 4.97. The van der Waals surface area contributed by atoms with E-state index >= 15 is 0 Å². The quantitative estimate of drug-likeness (QED) is 0.656. The standard InChI is InChI=1S/C21H26BrNO3.ClH/c1-13-9-15-11-20(25-3)21(26-4)12-16(15)18(23-13)7-5-14-6-8-19(24-2)17(22)10-14;/h6,8,10-13,18,23H,5,7,9H2,1-4H3;1H/t13-,18?;/m0./s1. The second-order valence-corrected chi connectivity index (χ2v) is 7.59. The predicted octanol–water partition coefficient (Wildman–Crippen LogP) is 5.10. The van der Waals surface area contributed by atoms with Crippen LogP contribution in [0.2, 0.25) is 0 Å². The van der Waals surface area contributed by atoms with Gasteiger partial charge in [-0.25, -0.2) is 0 Å². The smallest absolute Gasteiger partial charge is 0.161 e. The molecule has 0 saturated carbocycles. The first-order chi connectivity index (χ1) is 12.5. The lowest BCUT2D eigenvalue weighted by atomic mass is 9.87. The van der Waals surface area contributed by atoms with Gasteiger partial charge in [0, 0.05) is 12.1 Å². The molecular weight excluding hydrogens is 430 g/mol. The van der Waals surface area contributed by atoms with Crippen molar-refractivity contribution in [3.63, 3.8) is 0 Å². The van der Waals surface area contributed by atoms with Crippen LogP contribution in [-0.2, 0) is 12.8 Å². The minimum Gasteiger partial charge on any atom is -0.496 e. The summed E-state index contributed by atoms with van der Waals surface area (Å²) in [4.78, 5) is 0. The van der Waals surface area contributed by atoms with Gasteiger partial charge in [-0.05, 0) is 83.1 Å². The van der Waals surface area contributed by atoms with E-state index in [9.17, 15) is 0 Å². The second-order valence-electron chi connectivity index (χ2n) is 6.74. The molecule has 0 fully saturated rings. The monoisotopic (exact) mass is 455 g/mol. The maximum atomic E-state index is 5.51. The summed E-state index contributed by atoms with van der Waals surface area (Å²) in [5.74, 6) is 2.46. The van der Waals surface area contributed by atoms with E-state index in [1.165, 1.54) is 16.7 Å². The number of ether oxygens (including phenoxy) is 3. The third kappa shape index (κ3) is 4.89. The molecule has 1 aliphatic rings. The zero-order valence-electron chi connectivity index (χ0n) is 16.2. The van der Waals surface area contributed by atoms with Crippen molar-refractivity contribution in [2.45, 2.75) is 38.3 Å². The lowest BCUT2D eigenvalue weighted by Gasteiger charge is -2.32. The fourth-order valence-corrected chi connectivity index (χ4v) is 4.26. The van der Waals surface area contributed by atoms with E-state index < -0.39 is 0 Å². The number of hydrogen-bond acceptors (Lipinski definition) is 4. The molecule has 0 saturated heterocycles. The number of benzene rings is 2. The van der Waals surface area contributed by atoms with Gasteiger partial charge >= 0.3 is 0 Å². The SMILES string of the molecule is COc1ccc(CCC2N[C@@H](C)Cc3cc(OC)c(OC)cc32)cc1Br.Cl. The number of halogens is 2. The van der Waals surface area contributed by atoms with Crippen LogP contribution in [-0.4, -0.2) is 27.4 Å². The first-order valence-corrected chi connectivity index (χ1v) is 9.68. The molecule has 2 atom stereocenters. The van der Waals surface area contributed by atoms with Gasteiger partial charge in [0.2, 0.25) is 0 Å². The number of nitrogens with one attached hydrogen (secondary N) is 1. The maximum Gasteiger partial charge on any atom is 0.161 e. The highest BCUT2D eigenvalue weighted by atomic mass is 79.9. The summed E-state index contributed by atoms with van der Waals surface area (Å²) in [7, 11) is 5.06. The Hall–Kier alpha value is -1.43. The molecule has 1 N–H and O–H groups in total. The molecule has 0 amide bonds. The Morgan fingerprint density at radius 1 is 1.00 bits per heavy atom. The van der Waals surface area contributed by atoms with Gasteiger partial charge in [-0.3, -0.25) is 0 Å². The van der Waals surface area contributed by atoms with Crippen LogP contribution in [0.3, 0.4) is 0 Å². The van der Waals surface area contributed by atoms with E-state index in [-0.39, 0.29) is 12.4 Å². The van der Waals surface area contributed by atoms with Crippen molar-refractivity contribution < 1.29 is 14.2 Å². The molecule has 0 spiro atoms. The van der Waals surface area contributed by atoms with E-state index in [0.29, 0.717) is 12.1 Å². The number of fused-ring (bicyclic) bond motifs is 1. The van der Waals surface area contributed by atoms with E-state index in [0.717, 1.165) is 41.0 Å². The van der Waals surface area contributed by atoms with Crippen LogP contribution in [0.1, 0.15) is 36.1 Å². The number of rotatable bonds is 6. The first kappa shape index (κ1) is 21.9. The fraction of sp³-hybridized carbons (Fsp3) is 0.429. The van der Waals surface area contributed by atoms with Crippen molar-refractivity contribution in [3.8, 4) is 17.2 Å².